The van der Waals surface area contributed by atoms with Gasteiger partial charge in [0.05, 0.1) is 24.8 Å². The van der Waals surface area contributed by atoms with Crippen molar-refractivity contribution in [1.82, 2.24) is 4.90 Å². The van der Waals surface area contributed by atoms with Crippen LogP contribution >= 0.6 is 24.0 Å². The van der Waals surface area contributed by atoms with Crippen molar-refractivity contribution < 1.29 is 18.7 Å². The zero-order chi connectivity index (χ0) is 21.8. The van der Waals surface area contributed by atoms with Gasteiger partial charge in [-0.25, -0.2) is 0 Å². The Morgan fingerprint density at radius 2 is 1.97 bits per heavy atom. The molecule has 1 amide bonds. The zero-order valence-electron chi connectivity index (χ0n) is 17.2. The second-order valence-electron chi connectivity index (χ2n) is 7.03. The number of furan rings is 1. The quantitative estimate of drug-likeness (QED) is 0.345. The summed E-state index contributed by atoms with van der Waals surface area (Å²) in [5.41, 5.74) is 3.02. The number of hydrogen-bond donors (Lipinski definition) is 0. The molecule has 0 atom stereocenters. The molecule has 0 unspecified atom stereocenters. The molecular formula is C24H21NO4S2. The van der Waals surface area contributed by atoms with Crippen LogP contribution in [0.4, 0.5) is 0 Å². The fourth-order valence-corrected chi connectivity index (χ4v) is 4.33. The Bertz CT molecular complexity index is 1120. The van der Waals surface area contributed by atoms with Crippen molar-refractivity contribution in [3.8, 4) is 11.5 Å². The molecule has 1 saturated heterocycles. The third kappa shape index (κ3) is 5.00. The van der Waals surface area contributed by atoms with Gasteiger partial charge in [0.25, 0.3) is 5.91 Å². The second-order valence-corrected chi connectivity index (χ2v) is 8.70. The lowest BCUT2D eigenvalue weighted by Crippen LogP contribution is -2.27. The van der Waals surface area contributed by atoms with E-state index in [1.165, 1.54) is 22.2 Å². The van der Waals surface area contributed by atoms with Crippen LogP contribution in [0.25, 0.3) is 6.08 Å². The predicted octanol–water partition coefficient (Wildman–Crippen LogP) is 5.58. The van der Waals surface area contributed by atoms with E-state index in [0.717, 1.165) is 11.1 Å². The maximum Gasteiger partial charge on any atom is 0.266 e. The van der Waals surface area contributed by atoms with Gasteiger partial charge in [0.1, 0.15) is 28.2 Å². The minimum Gasteiger partial charge on any atom is -0.497 e. The molecule has 1 aliphatic heterocycles. The van der Waals surface area contributed by atoms with Gasteiger partial charge in [-0.05, 0) is 48.9 Å². The predicted molar refractivity (Wildman–Crippen MR) is 126 cm³/mol. The van der Waals surface area contributed by atoms with E-state index in [4.69, 9.17) is 26.1 Å². The van der Waals surface area contributed by atoms with Gasteiger partial charge >= 0.3 is 0 Å². The lowest BCUT2D eigenvalue weighted by molar-refractivity contribution is -0.122. The summed E-state index contributed by atoms with van der Waals surface area (Å²) in [5, 5.41) is 0. The summed E-state index contributed by atoms with van der Waals surface area (Å²) in [5.74, 6) is 1.87. The van der Waals surface area contributed by atoms with Crippen LogP contribution in [0.15, 0.2) is 70.2 Å². The van der Waals surface area contributed by atoms with Crippen LogP contribution in [0.2, 0.25) is 0 Å². The van der Waals surface area contributed by atoms with Crippen LogP contribution in [0.3, 0.4) is 0 Å². The van der Waals surface area contributed by atoms with Crippen LogP contribution in [0.1, 0.15) is 22.5 Å². The van der Waals surface area contributed by atoms with Gasteiger partial charge in [-0.1, -0.05) is 53.8 Å². The molecule has 0 radical (unpaired) electrons. The Morgan fingerprint density at radius 1 is 1.16 bits per heavy atom. The number of aryl methyl sites for hydroxylation is 1. The summed E-state index contributed by atoms with van der Waals surface area (Å²) < 4.78 is 17.3. The number of thiocarbonyl (C=S) groups is 1. The molecule has 158 valence electrons. The van der Waals surface area contributed by atoms with Crippen molar-refractivity contribution in [2.75, 3.05) is 7.11 Å². The van der Waals surface area contributed by atoms with Crippen LogP contribution in [-0.4, -0.2) is 22.2 Å². The average Bonchev–Trinajstić information content (AvgIpc) is 3.38. The maximum absolute atomic E-state index is 13.0. The zero-order valence-corrected chi connectivity index (χ0v) is 18.8. The fraction of sp³-hybridized carbons (Fsp3) is 0.167. The average molecular weight is 452 g/mol. The molecule has 31 heavy (non-hydrogen) atoms. The standard InChI is InChI=1S/C24H21NO4S2/c1-16-5-7-17(8-6-16)15-29-21-10-9-19(27-2)12-18(21)13-22-23(26)25(24(30)31-22)14-20-4-3-11-28-20/h3-13H,14-15H2,1-2H3/b22-13-. The van der Waals surface area contributed by atoms with Gasteiger partial charge in [-0.3, -0.25) is 9.69 Å². The highest BCUT2D eigenvalue weighted by Gasteiger charge is 2.32. The van der Waals surface area contributed by atoms with Gasteiger partial charge in [0.15, 0.2) is 0 Å². The molecule has 2 heterocycles. The third-order valence-corrected chi connectivity index (χ3v) is 6.16. The molecule has 0 N–H and O–H groups in total. The Morgan fingerprint density at radius 3 is 2.68 bits per heavy atom. The number of methoxy groups -OCH3 is 1. The molecule has 2 aromatic carbocycles. The Balaban J connectivity index is 1.57. The first kappa shape index (κ1) is 21.2. The molecule has 0 aliphatic carbocycles. The van der Waals surface area contributed by atoms with Gasteiger partial charge in [-0.15, -0.1) is 0 Å². The minimum absolute atomic E-state index is 0.154. The van der Waals surface area contributed by atoms with Gasteiger partial charge in [0.2, 0.25) is 0 Å². The van der Waals surface area contributed by atoms with Crippen LogP contribution in [0.5, 0.6) is 11.5 Å². The van der Waals surface area contributed by atoms with E-state index in [1.807, 2.05) is 43.3 Å². The number of rotatable bonds is 7. The fourth-order valence-electron chi connectivity index (χ4n) is 3.08. The first-order valence-electron chi connectivity index (χ1n) is 9.67. The molecule has 1 fully saturated rings. The van der Waals surface area contributed by atoms with E-state index in [1.54, 1.807) is 25.5 Å². The smallest absolute Gasteiger partial charge is 0.266 e. The van der Waals surface area contributed by atoms with E-state index in [-0.39, 0.29) is 5.91 Å². The highest BCUT2D eigenvalue weighted by Crippen LogP contribution is 2.36. The number of nitrogens with zero attached hydrogens (tertiary/aromatic N) is 1. The lowest BCUT2D eigenvalue weighted by atomic mass is 10.1. The van der Waals surface area contributed by atoms with Crippen LogP contribution in [-0.2, 0) is 17.9 Å². The molecule has 0 spiro atoms. The topological polar surface area (TPSA) is 51.9 Å². The van der Waals surface area contributed by atoms with Crippen LogP contribution in [0, 0.1) is 6.92 Å². The van der Waals surface area contributed by atoms with E-state index < -0.39 is 0 Å². The van der Waals surface area contributed by atoms with Crippen LogP contribution < -0.4 is 9.47 Å². The Kier molecular flexibility index (Phi) is 6.44. The number of thioether (sulfide) groups is 1. The Hall–Kier alpha value is -3.03. The SMILES string of the molecule is COc1ccc(OCc2ccc(C)cc2)c(/C=C2\SC(=S)N(Cc3ccco3)C2=O)c1. The molecule has 7 heteroatoms. The van der Waals surface area contributed by atoms with Gasteiger partial charge in [0, 0.05) is 5.56 Å². The monoisotopic (exact) mass is 451 g/mol. The maximum atomic E-state index is 13.0. The molecule has 0 saturated carbocycles. The van der Waals surface area contributed by atoms with E-state index in [9.17, 15) is 4.79 Å². The summed E-state index contributed by atoms with van der Waals surface area (Å²) in [7, 11) is 1.61. The van der Waals surface area contributed by atoms with Crippen molar-refractivity contribution in [3.63, 3.8) is 0 Å². The van der Waals surface area contributed by atoms with Gasteiger partial charge in [-0.2, -0.15) is 0 Å². The Labute approximate surface area is 190 Å². The number of carbonyl (C=O) groups is 1. The summed E-state index contributed by atoms with van der Waals surface area (Å²) in [6.07, 6.45) is 3.38. The normalized spacial score (nSPS) is 15.0. The third-order valence-electron chi connectivity index (χ3n) is 4.79. The molecule has 0 bridgehead atoms. The molecular weight excluding hydrogens is 430 g/mol. The molecule has 3 aromatic rings. The number of hydrogen-bond acceptors (Lipinski definition) is 6. The second kappa shape index (κ2) is 9.41. The summed E-state index contributed by atoms with van der Waals surface area (Å²) in [6.45, 7) is 2.78. The van der Waals surface area contributed by atoms with Gasteiger partial charge < -0.3 is 13.9 Å². The highest BCUT2D eigenvalue weighted by atomic mass is 32.2. The minimum atomic E-state index is -0.154. The van der Waals surface area contributed by atoms with Crippen molar-refractivity contribution >= 4 is 40.3 Å². The first-order chi connectivity index (χ1) is 15.0. The summed E-state index contributed by atoms with van der Waals surface area (Å²) in [6, 6.07) is 17.3. The number of carbonyl (C=O) groups excluding carboxylic acids is 1. The van der Waals surface area contributed by atoms with Crippen molar-refractivity contribution in [2.24, 2.45) is 0 Å². The summed E-state index contributed by atoms with van der Waals surface area (Å²) in [4.78, 5) is 15.0. The van der Waals surface area contributed by atoms with E-state index in [2.05, 4.69) is 12.1 Å². The molecule has 1 aromatic heterocycles. The molecule has 4 rings (SSSR count). The number of amides is 1. The number of benzene rings is 2. The van der Waals surface area contributed by atoms with Crippen molar-refractivity contribution in [2.45, 2.75) is 20.1 Å². The van der Waals surface area contributed by atoms with Crippen molar-refractivity contribution in [3.05, 3.63) is 88.2 Å². The first-order valence-corrected chi connectivity index (χ1v) is 10.9. The molecule has 5 nitrogen and oxygen atoms in total. The lowest BCUT2D eigenvalue weighted by Gasteiger charge is -2.13. The van der Waals surface area contributed by atoms with E-state index in [0.29, 0.717) is 39.6 Å². The van der Waals surface area contributed by atoms with E-state index >= 15 is 0 Å². The number of ether oxygens (including phenoxy) is 2. The summed E-state index contributed by atoms with van der Waals surface area (Å²) >= 11 is 6.69. The largest absolute Gasteiger partial charge is 0.497 e. The van der Waals surface area contributed by atoms with Crippen molar-refractivity contribution in [1.29, 1.82) is 0 Å². The highest BCUT2D eigenvalue weighted by molar-refractivity contribution is 8.26. The molecule has 1 aliphatic rings.